The van der Waals surface area contributed by atoms with Crippen molar-refractivity contribution in [3.63, 3.8) is 0 Å². The highest BCUT2D eigenvalue weighted by Gasteiger charge is 2.24. The number of phenolic OH excluding ortho intramolecular Hbond substituents is 1. The minimum atomic E-state index is -0.314. The Morgan fingerprint density at radius 1 is 0.762 bits per heavy atom. The maximum absolute atomic E-state index is 11.6. The molecule has 2 amide bonds. The number of phenols is 1. The zero-order chi connectivity index (χ0) is 14.8. The van der Waals surface area contributed by atoms with E-state index in [1.165, 1.54) is 12.2 Å². The van der Waals surface area contributed by atoms with Crippen LogP contribution in [0.4, 0.5) is 5.69 Å². The summed E-state index contributed by atoms with van der Waals surface area (Å²) in [6.07, 6.45) is 3.26. The van der Waals surface area contributed by atoms with E-state index in [0.29, 0.717) is 5.69 Å². The fraction of sp³-hybridized carbons (Fsp3) is 0.0588. The molecule has 0 atom stereocenters. The van der Waals surface area contributed by atoms with Crippen LogP contribution in [0.2, 0.25) is 0 Å². The molecule has 1 heterocycles. The number of aromatic hydroxyl groups is 1. The van der Waals surface area contributed by atoms with Crippen molar-refractivity contribution in [2.24, 2.45) is 0 Å². The molecule has 0 aliphatic carbocycles. The molecular weight excluding hydrogens is 266 g/mol. The predicted molar refractivity (Wildman–Crippen MR) is 79.0 cm³/mol. The molecule has 0 radical (unpaired) electrons. The molecule has 4 heteroatoms. The van der Waals surface area contributed by atoms with Crippen LogP contribution in [-0.2, 0) is 16.0 Å². The Bertz CT molecular complexity index is 697. The zero-order valence-corrected chi connectivity index (χ0v) is 11.2. The van der Waals surface area contributed by atoms with Gasteiger partial charge in [0, 0.05) is 12.2 Å². The fourth-order valence-corrected chi connectivity index (χ4v) is 2.27. The molecule has 1 N–H and O–H groups in total. The van der Waals surface area contributed by atoms with Crippen molar-refractivity contribution in [1.29, 1.82) is 0 Å². The SMILES string of the molecule is O=C1C=CC(=O)N1c1ccc(Cc2ccc(O)cc2)cc1. The van der Waals surface area contributed by atoms with E-state index >= 15 is 0 Å². The lowest BCUT2D eigenvalue weighted by Crippen LogP contribution is -2.29. The quantitative estimate of drug-likeness (QED) is 0.878. The van der Waals surface area contributed by atoms with Gasteiger partial charge in [0.05, 0.1) is 5.69 Å². The normalized spacial score (nSPS) is 14.0. The van der Waals surface area contributed by atoms with Crippen molar-refractivity contribution >= 4 is 17.5 Å². The number of hydrogen-bond donors (Lipinski definition) is 1. The van der Waals surface area contributed by atoms with Gasteiger partial charge < -0.3 is 5.11 Å². The van der Waals surface area contributed by atoms with Gasteiger partial charge in [0.1, 0.15) is 5.75 Å². The molecule has 1 aliphatic heterocycles. The molecule has 0 saturated heterocycles. The van der Waals surface area contributed by atoms with Crippen molar-refractivity contribution in [2.45, 2.75) is 6.42 Å². The Morgan fingerprint density at radius 2 is 1.24 bits per heavy atom. The van der Waals surface area contributed by atoms with Crippen LogP contribution in [0.1, 0.15) is 11.1 Å². The van der Waals surface area contributed by atoms with Gasteiger partial charge in [-0.1, -0.05) is 24.3 Å². The molecule has 0 aromatic heterocycles. The first-order valence-electron chi connectivity index (χ1n) is 6.56. The highest BCUT2D eigenvalue weighted by atomic mass is 16.3. The van der Waals surface area contributed by atoms with Crippen LogP contribution in [0.5, 0.6) is 5.75 Å². The molecular formula is C17H13NO3. The van der Waals surface area contributed by atoms with Crippen molar-refractivity contribution in [3.8, 4) is 5.75 Å². The van der Waals surface area contributed by atoms with Crippen LogP contribution < -0.4 is 4.90 Å². The van der Waals surface area contributed by atoms with E-state index < -0.39 is 0 Å². The standard InChI is InChI=1S/C17H13NO3/c19-15-7-3-13(4-8-15)11-12-1-5-14(6-2-12)18-16(20)9-10-17(18)21/h1-10,19H,11H2. The molecule has 0 bridgehead atoms. The van der Waals surface area contributed by atoms with Crippen molar-refractivity contribution in [3.05, 3.63) is 71.8 Å². The molecule has 2 aromatic rings. The van der Waals surface area contributed by atoms with Gasteiger partial charge in [-0.25, -0.2) is 4.90 Å². The molecule has 3 rings (SSSR count). The second-order valence-electron chi connectivity index (χ2n) is 4.85. The molecule has 0 spiro atoms. The Balaban J connectivity index is 1.77. The maximum Gasteiger partial charge on any atom is 0.258 e. The summed E-state index contributed by atoms with van der Waals surface area (Å²) in [6.45, 7) is 0. The summed E-state index contributed by atoms with van der Waals surface area (Å²) in [5.41, 5.74) is 2.72. The van der Waals surface area contributed by atoms with Crippen LogP contribution in [0.3, 0.4) is 0 Å². The second-order valence-corrected chi connectivity index (χ2v) is 4.85. The summed E-state index contributed by atoms with van der Waals surface area (Å²) < 4.78 is 0. The third-order valence-electron chi connectivity index (χ3n) is 3.35. The monoisotopic (exact) mass is 279 g/mol. The molecule has 1 aliphatic rings. The minimum Gasteiger partial charge on any atom is -0.508 e. The number of amides is 2. The van der Waals surface area contributed by atoms with Gasteiger partial charge in [-0.2, -0.15) is 0 Å². The number of anilines is 1. The Labute approximate surface area is 121 Å². The first-order valence-corrected chi connectivity index (χ1v) is 6.56. The third-order valence-corrected chi connectivity index (χ3v) is 3.35. The highest BCUT2D eigenvalue weighted by Crippen LogP contribution is 2.21. The van der Waals surface area contributed by atoms with E-state index in [1.807, 2.05) is 24.3 Å². The van der Waals surface area contributed by atoms with Gasteiger partial charge in [0.2, 0.25) is 0 Å². The summed E-state index contributed by atoms with van der Waals surface area (Å²) in [7, 11) is 0. The molecule has 21 heavy (non-hydrogen) atoms. The van der Waals surface area contributed by atoms with E-state index in [2.05, 4.69) is 0 Å². The summed E-state index contributed by atoms with van der Waals surface area (Å²) in [5.74, 6) is -0.384. The van der Waals surface area contributed by atoms with E-state index in [1.54, 1.807) is 24.3 Å². The Morgan fingerprint density at radius 3 is 1.76 bits per heavy atom. The minimum absolute atomic E-state index is 0.243. The Kier molecular flexibility index (Phi) is 3.28. The Hall–Kier alpha value is -2.88. The van der Waals surface area contributed by atoms with E-state index in [0.717, 1.165) is 22.4 Å². The van der Waals surface area contributed by atoms with E-state index in [-0.39, 0.29) is 17.6 Å². The van der Waals surface area contributed by atoms with Gasteiger partial charge in [-0.15, -0.1) is 0 Å². The number of imide groups is 1. The first kappa shape index (κ1) is 13.1. The lowest BCUT2D eigenvalue weighted by Gasteiger charge is -2.14. The average Bonchev–Trinajstić information content (AvgIpc) is 2.82. The summed E-state index contributed by atoms with van der Waals surface area (Å²) >= 11 is 0. The fourth-order valence-electron chi connectivity index (χ4n) is 2.27. The molecule has 104 valence electrons. The zero-order valence-electron chi connectivity index (χ0n) is 11.2. The number of hydrogen-bond acceptors (Lipinski definition) is 3. The molecule has 0 fully saturated rings. The third kappa shape index (κ3) is 2.69. The van der Waals surface area contributed by atoms with Crippen LogP contribution in [0.25, 0.3) is 0 Å². The number of carbonyl (C=O) groups excluding carboxylic acids is 2. The van der Waals surface area contributed by atoms with Gasteiger partial charge >= 0.3 is 0 Å². The van der Waals surface area contributed by atoms with Gasteiger partial charge in [0.25, 0.3) is 11.8 Å². The van der Waals surface area contributed by atoms with Gasteiger partial charge in [-0.05, 0) is 41.8 Å². The molecule has 0 saturated carbocycles. The van der Waals surface area contributed by atoms with Crippen LogP contribution in [0.15, 0.2) is 60.7 Å². The topological polar surface area (TPSA) is 57.6 Å². The number of rotatable bonds is 3. The van der Waals surface area contributed by atoms with Crippen molar-refractivity contribution < 1.29 is 14.7 Å². The maximum atomic E-state index is 11.6. The molecule has 4 nitrogen and oxygen atoms in total. The number of benzene rings is 2. The predicted octanol–water partition coefficient (Wildman–Crippen LogP) is 2.41. The van der Waals surface area contributed by atoms with E-state index in [4.69, 9.17) is 0 Å². The van der Waals surface area contributed by atoms with Crippen LogP contribution in [0, 0.1) is 0 Å². The smallest absolute Gasteiger partial charge is 0.258 e. The lowest BCUT2D eigenvalue weighted by molar-refractivity contribution is -0.119. The number of carbonyl (C=O) groups is 2. The lowest BCUT2D eigenvalue weighted by atomic mass is 10.0. The summed E-state index contributed by atoms with van der Waals surface area (Å²) in [6, 6.07) is 14.3. The second kappa shape index (κ2) is 5.25. The molecule has 2 aromatic carbocycles. The summed E-state index contributed by atoms with van der Waals surface area (Å²) in [4.78, 5) is 24.3. The van der Waals surface area contributed by atoms with Crippen LogP contribution >= 0.6 is 0 Å². The largest absolute Gasteiger partial charge is 0.508 e. The van der Waals surface area contributed by atoms with Gasteiger partial charge in [0.15, 0.2) is 0 Å². The van der Waals surface area contributed by atoms with Crippen molar-refractivity contribution in [1.82, 2.24) is 0 Å². The average molecular weight is 279 g/mol. The van der Waals surface area contributed by atoms with Gasteiger partial charge in [-0.3, -0.25) is 9.59 Å². The van der Waals surface area contributed by atoms with E-state index in [9.17, 15) is 14.7 Å². The first-order chi connectivity index (χ1) is 10.1. The highest BCUT2D eigenvalue weighted by molar-refractivity contribution is 6.28. The molecule has 0 unspecified atom stereocenters. The summed E-state index contributed by atoms with van der Waals surface area (Å²) in [5, 5.41) is 9.25. The van der Waals surface area contributed by atoms with Crippen LogP contribution in [-0.4, -0.2) is 16.9 Å². The van der Waals surface area contributed by atoms with Crippen molar-refractivity contribution in [2.75, 3.05) is 4.90 Å². The number of nitrogens with zero attached hydrogens (tertiary/aromatic N) is 1.